The zero-order valence-electron chi connectivity index (χ0n) is 13.1. The van der Waals surface area contributed by atoms with Crippen LogP contribution in [0, 0.1) is 0 Å². The van der Waals surface area contributed by atoms with Crippen LogP contribution >= 0.6 is 11.6 Å². The molecule has 5 nitrogen and oxygen atoms in total. The molecule has 24 heavy (non-hydrogen) atoms. The zero-order chi connectivity index (χ0) is 16.9. The van der Waals surface area contributed by atoms with Crippen molar-refractivity contribution in [2.75, 3.05) is 5.32 Å². The summed E-state index contributed by atoms with van der Waals surface area (Å²) in [5.41, 5.74) is 5.32. The smallest absolute Gasteiger partial charge is 0.262 e. The fourth-order valence-electron chi connectivity index (χ4n) is 2.32. The van der Waals surface area contributed by atoms with Crippen LogP contribution < -0.4 is 10.7 Å². The van der Waals surface area contributed by atoms with Crippen LogP contribution in [-0.4, -0.2) is 23.1 Å². The second kappa shape index (κ2) is 7.19. The summed E-state index contributed by atoms with van der Waals surface area (Å²) in [4.78, 5) is 15.2. The summed E-state index contributed by atoms with van der Waals surface area (Å²) in [6.07, 6.45) is 3.49. The van der Waals surface area contributed by atoms with E-state index >= 15 is 0 Å². The third-order valence-electron chi connectivity index (χ3n) is 3.62. The molecule has 0 fully saturated rings. The van der Waals surface area contributed by atoms with Crippen molar-refractivity contribution in [3.05, 3.63) is 65.3 Å². The average molecular weight is 341 g/mol. The quantitative estimate of drug-likeness (QED) is 0.489. The highest BCUT2D eigenvalue weighted by Gasteiger charge is 2.11. The molecule has 0 saturated heterocycles. The van der Waals surface area contributed by atoms with Gasteiger partial charge >= 0.3 is 0 Å². The van der Waals surface area contributed by atoms with Crippen LogP contribution in [0.4, 0.5) is 5.69 Å². The number of carbonyl (C=O) groups is 1. The standard InChI is InChI=1S/C18H17ClN4O/c1-12(22-15-8-6-14(19)7-9-15)18(24)23-21-11-13-10-20-17-5-3-2-4-16(13)17/h2-12,20,22H,1H3,(H,23,24)/b21-11-/t12-/m1/s1. The Balaban J connectivity index is 1.59. The summed E-state index contributed by atoms with van der Waals surface area (Å²) >= 11 is 5.84. The number of hydrogen-bond donors (Lipinski definition) is 3. The molecule has 1 atom stereocenters. The summed E-state index contributed by atoms with van der Waals surface area (Å²) < 4.78 is 0. The average Bonchev–Trinajstić information content (AvgIpc) is 3.00. The van der Waals surface area contributed by atoms with Gasteiger partial charge in [-0.25, -0.2) is 5.43 Å². The number of hydrogen-bond acceptors (Lipinski definition) is 3. The molecule has 0 spiro atoms. The van der Waals surface area contributed by atoms with E-state index in [9.17, 15) is 4.79 Å². The van der Waals surface area contributed by atoms with Crippen LogP contribution in [-0.2, 0) is 4.79 Å². The van der Waals surface area contributed by atoms with Crippen molar-refractivity contribution in [2.24, 2.45) is 5.10 Å². The Labute approximate surface area is 144 Å². The first-order chi connectivity index (χ1) is 11.6. The molecule has 0 saturated carbocycles. The lowest BCUT2D eigenvalue weighted by Gasteiger charge is -2.13. The minimum absolute atomic E-state index is 0.221. The molecule has 0 radical (unpaired) electrons. The summed E-state index contributed by atoms with van der Waals surface area (Å²) in [6.45, 7) is 1.77. The highest BCUT2D eigenvalue weighted by Crippen LogP contribution is 2.16. The number of H-pyrrole nitrogens is 1. The number of carbonyl (C=O) groups excluding carboxylic acids is 1. The van der Waals surface area contributed by atoms with Gasteiger partial charge in [0.05, 0.1) is 6.21 Å². The monoisotopic (exact) mass is 340 g/mol. The minimum Gasteiger partial charge on any atom is -0.374 e. The van der Waals surface area contributed by atoms with Crippen molar-refractivity contribution in [3.8, 4) is 0 Å². The highest BCUT2D eigenvalue weighted by atomic mass is 35.5. The molecule has 1 heterocycles. The molecule has 1 aromatic heterocycles. The number of hydrazone groups is 1. The van der Waals surface area contributed by atoms with E-state index in [-0.39, 0.29) is 5.91 Å². The van der Waals surface area contributed by atoms with E-state index in [0.29, 0.717) is 5.02 Å². The Hall–Kier alpha value is -2.79. The number of halogens is 1. The Morgan fingerprint density at radius 1 is 1.21 bits per heavy atom. The molecule has 1 amide bonds. The van der Waals surface area contributed by atoms with Gasteiger partial charge in [-0.05, 0) is 37.3 Å². The molecule has 0 aliphatic heterocycles. The molecule has 3 aromatic rings. The number of nitrogens with one attached hydrogen (secondary N) is 3. The number of para-hydroxylation sites is 1. The third kappa shape index (κ3) is 3.75. The Kier molecular flexibility index (Phi) is 4.82. The van der Waals surface area contributed by atoms with E-state index in [4.69, 9.17) is 11.6 Å². The summed E-state index contributed by atoms with van der Waals surface area (Å²) in [7, 11) is 0. The number of aromatic amines is 1. The van der Waals surface area contributed by atoms with Gasteiger partial charge < -0.3 is 10.3 Å². The van der Waals surface area contributed by atoms with Crippen molar-refractivity contribution in [3.63, 3.8) is 0 Å². The lowest BCUT2D eigenvalue weighted by Crippen LogP contribution is -2.34. The molecule has 2 aromatic carbocycles. The molecule has 0 unspecified atom stereocenters. The molecule has 122 valence electrons. The van der Waals surface area contributed by atoms with E-state index in [1.807, 2.05) is 42.6 Å². The highest BCUT2D eigenvalue weighted by molar-refractivity contribution is 6.30. The maximum atomic E-state index is 12.1. The lowest BCUT2D eigenvalue weighted by molar-refractivity contribution is -0.121. The van der Waals surface area contributed by atoms with Crippen LogP contribution in [0.1, 0.15) is 12.5 Å². The molecule has 3 rings (SSSR count). The van der Waals surface area contributed by atoms with Gasteiger partial charge in [-0.1, -0.05) is 29.8 Å². The molecule has 3 N–H and O–H groups in total. The molecule has 0 aliphatic rings. The second-order valence-corrected chi connectivity index (χ2v) is 5.83. The Bertz CT molecular complexity index is 870. The molecule has 6 heteroatoms. The van der Waals surface area contributed by atoms with Gasteiger partial charge in [0.25, 0.3) is 5.91 Å². The topological polar surface area (TPSA) is 69.3 Å². The van der Waals surface area contributed by atoms with Gasteiger partial charge in [-0.2, -0.15) is 5.10 Å². The SMILES string of the molecule is C[C@@H](Nc1ccc(Cl)cc1)C(=O)N/N=C\c1c[nH]c2ccccc12. The maximum Gasteiger partial charge on any atom is 0.262 e. The van der Waals surface area contributed by atoms with Crippen molar-refractivity contribution in [1.29, 1.82) is 0 Å². The summed E-state index contributed by atoms with van der Waals surface area (Å²) in [5.74, 6) is -0.221. The Morgan fingerprint density at radius 3 is 2.75 bits per heavy atom. The number of benzene rings is 2. The first-order valence-corrected chi connectivity index (χ1v) is 7.92. The largest absolute Gasteiger partial charge is 0.374 e. The predicted octanol–water partition coefficient (Wildman–Crippen LogP) is 3.77. The zero-order valence-corrected chi connectivity index (χ0v) is 13.8. The van der Waals surface area contributed by atoms with Crippen LogP contribution in [0.15, 0.2) is 59.8 Å². The van der Waals surface area contributed by atoms with Gasteiger partial charge in [0, 0.05) is 33.4 Å². The van der Waals surface area contributed by atoms with Gasteiger partial charge in [0.1, 0.15) is 6.04 Å². The van der Waals surface area contributed by atoms with E-state index in [0.717, 1.165) is 22.2 Å². The van der Waals surface area contributed by atoms with Gasteiger partial charge in [-0.15, -0.1) is 0 Å². The van der Waals surface area contributed by atoms with Crippen molar-refractivity contribution in [2.45, 2.75) is 13.0 Å². The van der Waals surface area contributed by atoms with Gasteiger partial charge in [0.15, 0.2) is 0 Å². The number of fused-ring (bicyclic) bond motifs is 1. The van der Waals surface area contributed by atoms with E-state index < -0.39 is 6.04 Å². The lowest BCUT2D eigenvalue weighted by atomic mass is 10.2. The number of rotatable bonds is 5. The molecular weight excluding hydrogens is 324 g/mol. The molecular formula is C18H17ClN4O. The normalized spacial score (nSPS) is 12.4. The maximum absolute atomic E-state index is 12.1. The fraction of sp³-hybridized carbons (Fsp3) is 0.111. The summed E-state index contributed by atoms with van der Waals surface area (Å²) in [5, 5.41) is 8.84. The fourth-order valence-corrected chi connectivity index (χ4v) is 2.45. The number of aromatic nitrogens is 1. The summed E-state index contributed by atoms with van der Waals surface area (Å²) in [6, 6.07) is 14.7. The first-order valence-electron chi connectivity index (χ1n) is 7.54. The number of amides is 1. The van der Waals surface area contributed by atoms with Crippen molar-refractivity contribution < 1.29 is 4.79 Å². The molecule has 0 aliphatic carbocycles. The van der Waals surface area contributed by atoms with Crippen molar-refractivity contribution >= 4 is 40.3 Å². The van der Waals surface area contributed by atoms with Gasteiger partial charge in [0.2, 0.25) is 0 Å². The van der Waals surface area contributed by atoms with Crippen molar-refractivity contribution in [1.82, 2.24) is 10.4 Å². The van der Waals surface area contributed by atoms with E-state index in [2.05, 4.69) is 20.8 Å². The molecule has 0 bridgehead atoms. The van der Waals surface area contributed by atoms with Crippen LogP contribution in [0.25, 0.3) is 10.9 Å². The van der Waals surface area contributed by atoms with Crippen LogP contribution in [0.2, 0.25) is 5.02 Å². The number of anilines is 1. The van der Waals surface area contributed by atoms with Gasteiger partial charge in [-0.3, -0.25) is 4.79 Å². The predicted molar refractivity (Wildman–Crippen MR) is 98.6 cm³/mol. The second-order valence-electron chi connectivity index (χ2n) is 5.40. The third-order valence-corrected chi connectivity index (χ3v) is 3.87. The van der Waals surface area contributed by atoms with E-state index in [1.54, 1.807) is 25.3 Å². The number of nitrogens with zero attached hydrogens (tertiary/aromatic N) is 1. The van der Waals surface area contributed by atoms with Crippen LogP contribution in [0.3, 0.4) is 0 Å². The minimum atomic E-state index is -0.425. The van der Waals surface area contributed by atoms with Crippen LogP contribution in [0.5, 0.6) is 0 Å². The van der Waals surface area contributed by atoms with E-state index in [1.165, 1.54) is 0 Å². The first kappa shape index (κ1) is 16.1. The Morgan fingerprint density at radius 2 is 1.96 bits per heavy atom.